The SMILES string of the molecule is Cc1ccccc1COc1ccc2c(c1)OC(=Cc1cn(C)c3ccccc13)C2=O. The Hall–Kier alpha value is -3.79. The number of ether oxygens (including phenoxy) is 2. The van der Waals surface area contributed by atoms with Crippen molar-refractivity contribution in [1.82, 2.24) is 4.57 Å². The van der Waals surface area contributed by atoms with Gasteiger partial charge in [0.2, 0.25) is 5.78 Å². The van der Waals surface area contributed by atoms with E-state index in [1.54, 1.807) is 12.1 Å². The average molecular weight is 395 g/mol. The van der Waals surface area contributed by atoms with Gasteiger partial charge in [-0.25, -0.2) is 0 Å². The van der Waals surface area contributed by atoms with E-state index in [0.29, 0.717) is 29.4 Å². The van der Waals surface area contributed by atoms with Gasteiger partial charge in [0.1, 0.15) is 18.1 Å². The molecule has 2 heterocycles. The molecule has 0 fully saturated rings. The number of aromatic nitrogens is 1. The van der Waals surface area contributed by atoms with Gasteiger partial charge in [0.25, 0.3) is 0 Å². The predicted molar refractivity (Wildman–Crippen MR) is 118 cm³/mol. The smallest absolute Gasteiger partial charge is 0.231 e. The van der Waals surface area contributed by atoms with Crippen LogP contribution in [0.2, 0.25) is 0 Å². The fraction of sp³-hybridized carbons (Fsp3) is 0.115. The molecule has 0 aliphatic carbocycles. The van der Waals surface area contributed by atoms with Crippen LogP contribution < -0.4 is 9.47 Å². The van der Waals surface area contributed by atoms with Crippen LogP contribution in [0.3, 0.4) is 0 Å². The molecule has 0 radical (unpaired) electrons. The van der Waals surface area contributed by atoms with Gasteiger partial charge in [-0.3, -0.25) is 4.79 Å². The van der Waals surface area contributed by atoms with Gasteiger partial charge in [-0.1, -0.05) is 42.5 Å². The van der Waals surface area contributed by atoms with Crippen LogP contribution in [0.15, 0.2) is 78.7 Å². The lowest BCUT2D eigenvalue weighted by atomic mass is 10.1. The first kappa shape index (κ1) is 18.3. The highest BCUT2D eigenvalue weighted by molar-refractivity contribution is 6.15. The van der Waals surface area contributed by atoms with Gasteiger partial charge in [-0.15, -0.1) is 0 Å². The summed E-state index contributed by atoms with van der Waals surface area (Å²) in [4.78, 5) is 12.8. The van der Waals surface area contributed by atoms with Crippen LogP contribution in [0.1, 0.15) is 27.0 Å². The third-order valence-corrected chi connectivity index (χ3v) is 5.51. The van der Waals surface area contributed by atoms with E-state index in [9.17, 15) is 4.79 Å². The minimum Gasteiger partial charge on any atom is -0.489 e. The predicted octanol–water partition coefficient (Wildman–Crippen LogP) is 5.68. The first-order valence-corrected chi connectivity index (χ1v) is 9.90. The molecule has 1 aromatic heterocycles. The number of aryl methyl sites for hydroxylation is 2. The lowest BCUT2D eigenvalue weighted by Gasteiger charge is -2.09. The number of carbonyl (C=O) groups excluding carboxylic acids is 1. The monoisotopic (exact) mass is 395 g/mol. The fourth-order valence-corrected chi connectivity index (χ4v) is 3.82. The minimum absolute atomic E-state index is 0.108. The van der Waals surface area contributed by atoms with Crippen molar-refractivity contribution in [2.24, 2.45) is 7.05 Å². The highest BCUT2D eigenvalue weighted by Crippen LogP contribution is 2.36. The Labute approximate surface area is 175 Å². The lowest BCUT2D eigenvalue weighted by molar-refractivity contribution is 0.101. The van der Waals surface area contributed by atoms with Gasteiger partial charge in [0.05, 0.1) is 5.56 Å². The zero-order chi connectivity index (χ0) is 20.7. The normalized spacial score (nSPS) is 14.2. The van der Waals surface area contributed by atoms with Crippen LogP contribution in [0.5, 0.6) is 11.5 Å². The molecular weight excluding hydrogens is 374 g/mol. The molecule has 0 N–H and O–H groups in total. The molecule has 0 saturated heterocycles. The molecule has 0 saturated carbocycles. The Balaban J connectivity index is 1.40. The summed E-state index contributed by atoms with van der Waals surface area (Å²) >= 11 is 0. The maximum absolute atomic E-state index is 12.8. The maximum atomic E-state index is 12.8. The highest BCUT2D eigenvalue weighted by atomic mass is 16.5. The fourth-order valence-electron chi connectivity index (χ4n) is 3.82. The van der Waals surface area contributed by atoms with Crippen LogP contribution in [-0.2, 0) is 13.7 Å². The van der Waals surface area contributed by atoms with Crippen molar-refractivity contribution >= 4 is 22.8 Å². The van der Waals surface area contributed by atoms with Crippen LogP contribution in [0, 0.1) is 6.92 Å². The van der Waals surface area contributed by atoms with E-state index < -0.39 is 0 Å². The molecule has 0 bridgehead atoms. The number of hydrogen-bond donors (Lipinski definition) is 0. The second kappa shape index (κ2) is 7.23. The second-order valence-electron chi connectivity index (χ2n) is 7.53. The van der Waals surface area contributed by atoms with Crippen molar-refractivity contribution in [3.63, 3.8) is 0 Å². The van der Waals surface area contributed by atoms with E-state index >= 15 is 0 Å². The summed E-state index contributed by atoms with van der Waals surface area (Å²) in [5.74, 6) is 1.44. The Morgan fingerprint density at radius 3 is 2.70 bits per heavy atom. The molecule has 0 spiro atoms. The summed E-state index contributed by atoms with van der Waals surface area (Å²) in [7, 11) is 1.99. The van der Waals surface area contributed by atoms with E-state index in [2.05, 4.69) is 19.1 Å². The third kappa shape index (κ3) is 3.16. The number of ketones is 1. The van der Waals surface area contributed by atoms with E-state index in [4.69, 9.17) is 9.47 Å². The number of allylic oxidation sites excluding steroid dienone is 1. The van der Waals surface area contributed by atoms with Gasteiger partial charge >= 0.3 is 0 Å². The first-order chi connectivity index (χ1) is 14.6. The van der Waals surface area contributed by atoms with Crippen molar-refractivity contribution in [2.45, 2.75) is 13.5 Å². The summed E-state index contributed by atoms with van der Waals surface area (Å²) in [6.07, 6.45) is 3.83. The summed E-state index contributed by atoms with van der Waals surface area (Å²) in [5.41, 5.74) is 4.95. The number of para-hydroxylation sites is 1. The Kier molecular flexibility index (Phi) is 4.40. The molecule has 5 rings (SSSR count). The summed E-state index contributed by atoms with van der Waals surface area (Å²) < 4.78 is 13.9. The molecule has 30 heavy (non-hydrogen) atoms. The zero-order valence-electron chi connectivity index (χ0n) is 16.9. The summed E-state index contributed by atoms with van der Waals surface area (Å²) in [6.45, 7) is 2.53. The maximum Gasteiger partial charge on any atom is 0.231 e. The van der Waals surface area contributed by atoms with Crippen molar-refractivity contribution in [3.8, 4) is 11.5 Å². The molecule has 4 aromatic rings. The molecule has 3 aromatic carbocycles. The lowest BCUT2D eigenvalue weighted by Crippen LogP contribution is -1.98. The molecule has 4 heteroatoms. The largest absolute Gasteiger partial charge is 0.489 e. The number of fused-ring (bicyclic) bond motifs is 2. The van der Waals surface area contributed by atoms with Crippen molar-refractivity contribution in [3.05, 3.63) is 101 Å². The third-order valence-electron chi connectivity index (χ3n) is 5.51. The van der Waals surface area contributed by atoms with Crippen LogP contribution in [-0.4, -0.2) is 10.4 Å². The number of carbonyl (C=O) groups is 1. The number of rotatable bonds is 4. The zero-order valence-corrected chi connectivity index (χ0v) is 16.9. The first-order valence-electron chi connectivity index (χ1n) is 9.90. The van der Waals surface area contributed by atoms with E-state index in [0.717, 1.165) is 22.0 Å². The standard InChI is InChI=1S/C26H21NO3/c1-17-7-3-4-8-18(17)16-29-20-11-12-22-24(14-20)30-25(26(22)28)13-19-15-27(2)23-10-6-5-9-21(19)23/h3-15H,16H2,1-2H3. The van der Waals surface area contributed by atoms with E-state index in [-0.39, 0.29) is 5.78 Å². The van der Waals surface area contributed by atoms with Gasteiger partial charge in [-0.05, 0) is 42.3 Å². The topological polar surface area (TPSA) is 40.5 Å². The average Bonchev–Trinajstić information content (AvgIpc) is 3.24. The van der Waals surface area contributed by atoms with E-state index in [1.807, 2.05) is 66.4 Å². The highest BCUT2D eigenvalue weighted by Gasteiger charge is 2.28. The van der Waals surface area contributed by atoms with Gasteiger partial charge in [0.15, 0.2) is 5.76 Å². The summed E-state index contributed by atoms with van der Waals surface area (Å²) in [6, 6.07) is 21.6. The van der Waals surface area contributed by atoms with Crippen molar-refractivity contribution in [2.75, 3.05) is 0 Å². The quantitative estimate of drug-likeness (QED) is 0.417. The Bertz CT molecular complexity index is 1310. The van der Waals surface area contributed by atoms with Crippen molar-refractivity contribution < 1.29 is 14.3 Å². The molecule has 0 amide bonds. The molecule has 4 nitrogen and oxygen atoms in total. The molecular formula is C26H21NO3. The van der Waals surface area contributed by atoms with Gasteiger partial charge in [-0.2, -0.15) is 0 Å². The number of hydrogen-bond acceptors (Lipinski definition) is 3. The second-order valence-corrected chi connectivity index (χ2v) is 7.53. The van der Waals surface area contributed by atoms with Crippen LogP contribution in [0.25, 0.3) is 17.0 Å². The number of benzene rings is 3. The van der Waals surface area contributed by atoms with E-state index in [1.165, 1.54) is 5.56 Å². The Morgan fingerprint density at radius 2 is 1.83 bits per heavy atom. The molecule has 148 valence electrons. The van der Waals surface area contributed by atoms with Gasteiger partial charge in [0, 0.05) is 35.8 Å². The molecule has 0 unspecified atom stereocenters. The Morgan fingerprint density at radius 1 is 1.03 bits per heavy atom. The van der Waals surface area contributed by atoms with Gasteiger partial charge < -0.3 is 14.0 Å². The molecule has 1 aliphatic rings. The van der Waals surface area contributed by atoms with Crippen LogP contribution >= 0.6 is 0 Å². The molecule has 0 atom stereocenters. The van der Waals surface area contributed by atoms with Crippen molar-refractivity contribution in [1.29, 1.82) is 0 Å². The molecule has 1 aliphatic heterocycles. The number of Topliss-reactive ketones (excluding diaryl/α,β-unsaturated/α-hetero) is 1. The summed E-state index contributed by atoms with van der Waals surface area (Å²) in [5, 5.41) is 1.09. The number of nitrogens with zero attached hydrogens (tertiary/aromatic N) is 1. The minimum atomic E-state index is -0.108. The van der Waals surface area contributed by atoms with Crippen LogP contribution in [0.4, 0.5) is 0 Å².